The van der Waals surface area contributed by atoms with E-state index in [1.807, 2.05) is 61.5 Å². The van der Waals surface area contributed by atoms with Crippen molar-refractivity contribution in [3.8, 4) is 11.5 Å². The number of hydrogen-bond acceptors (Lipinski definition) is 6. The van der Waals surface area contributed by atoms with Gasteiger partial charge in [-0.25, -0.2) is 8.42 Å². The van der Waals surface area contributed by atoms with Crippen LogP contribution in [0.1, 0.15) is 16.7 Å². The molecule has 10 heteroatoms. The molecule has 0 spiro atoms. The lowest BCUT2D eigenvalue weighted by Gasteiger charge is -2.34. The van der Waals surface area contributed by atoms with E-state index in [0.29, 0.717) is 24.7 Å². The van der Waals surface area contributed by atoms with Crippen LogP contribution in [0.4, 0.5) is 5.69 Å². The van der Waals surface area contributed by atoms with Crippen molar-refractivity contribution in [2.75, 3.05) is 31.1 Å². The maximum Gasteiger partial charge on any atom is 0.264 e. The lowest BCUT2D eigenvalue weighted by atomic mass is 10.0. The third kappa shape index (κ3) is 6.86. The number of fused-ring (bicyclic) bond motifs is 1. The summed E-state index contributed by atoms with van der Waals surface area (Å²) in [5, 5.41) is 2.70. The number of hydrogen-bond donors (Lipinski definition) is 1. The van der Waals surface area contributed by atoms with Crippen LogP contribution in [0.3, 0.4) is 0 Å². The third-order valence-electron chi connectivity index (χ3n) is 7.54. The van der Waals surface area contributed by atoms with Crippen LogP contribution in [0, 0.1) is 6.92 Å². The highest BCUT2D eigenvalue weighted by Gasteiger charge is 2.35. The Bertz CT molecular complexity index is 1710. The van der Waals surface area contributed by atoms with Gasteiger partial charge >= 0.3 is 0 Å². The predicted molar refractivity (Wildman–Crippen MR) is 168 cm³/mol. The van der Waals surface area contributed by atoms with Gasteiger partial charge in [0.1, 0.15) is 25.8 Å². The van der Waals surface area contributed by atoms with Crippen LogP contribution in [0.5, 0.6) is 11.5 Å². The molecule has 0 aromatic heterocycles. The van der Waals surface area contributed by atoms with Crippen LogP contribution < -0.4 is 19.1 Å². The van der Waals surface area contributed by atoms with E-state index in [9.17, 15) is 18.0 Å². The van der Waals surface area contributed by atoms with E-state index < -0.39 is 28.5 Å². The van der Waals surface area contributed by atoms with Gasteiger partial charge < -0.3 is 19.7 Å². The van der Waals surface area contributed by atoms with Gasteiger partial charge in [-0.3, -0.25) is 13.9 Å². The topological polar surface area (TPSA) is 105 Å². The molecule has 0 radical (unpaired) electrons. The van der Waals surface area contributed by atoms with E-state index >= 15 is 0 Å². The number of likely N-dealkylation sites (N-methyl/N-ethyl adjacent to an activating group) is 1. The standard InChI is InChI=1S/C34H35N3O6S/c1-25-11-9-10-14-27(25)23-36(30(34(39)35-2)21-26-12-5-3-6-13-26)33(38)24-37(44(40,41)29-15-7-4-8-16-29)28-17-18-31-32(22-28)43-20-19-42-31/h3-18,22,30H,19-21,23-24H2,1-2H3,(H,35,39)/t30-/m0/s1. The fourth-order valence-corrected chi connectivity index (χ4v) is 6.55. The zero-order valence-corrected chi connectivity index (χ0v) is 25.5. The Morgan fingerprint density at radius 1 is 0.841 bits per heavy atom. The number of carbonyl (C=O) groups excluding carboxylic acids is 2. The molecular formula is C34H35N3O6S. The molecule has 228 valence electrons. The van der Waals surface area contributed by atoms with Gasteiger partial charge in [0.05, 0.1) is 10.6 Å². The summed E-state index contributed by atoms with van der Waals surface area (Å²) in [5.41, 5.74) is 2.90. The molecule has 1 aliphatic heterocycles. The van der Waals surface area contributed by atoms with Crippen molar-refractivity contribution >= 4 is 27.5 Å². The first kappa shape index (κ1) is 30.6. The second kappa shape index (κ2) is 13.6. The van der Waals surface area contributed by atoms with Crippen molar-refractivity contribution in [2.45, 2.75) is 30.8 Å². The Balaban J connectivity index is 1.58. The van der Waals surface area contributed by atoms with E-state index in [-0.39, 0.29) is 29.5 Å². The van der Waals surface area contributed by atoms with Gasteiger partial charge in [0.15, 0.2) is 11.5 Å². The summed E-state index contributed by atoms with van der Waals surface area (Å²) < 4.78 is 40.7. The smallest absolute Gasteiger partial charge is 0.264 e. The van der Waals surface area contributed by atoms with Crippen molar-refractivity contribution < 1.29 is 27.5 Å². The summed E-state index contributed by atoms with van der Waals surface area (Å²) in [6.45, 7) is 2.19. The predicted octanol–water partition coefficient (Wildman–Crippen LogP) is 4.35. The highest BCUT2D eigenvalue weighted by Crippen LogP contribution is 2.36. The SMILES string of the molecule is CNC(=O)[C@H](Cc1ccccc1)N(Cc1ccccc1C)C(=O)CN(c1ccc2c(c1)OCCO2)S(=O)(=O)c1ccccc1. The molecule has 9 nitrogen and oxygen atoms in total. The number of anilines is 1. The quantitative estimate of drug-likeness (QED) is 0.270. The molecule has 5 rings (SSSR count). The van der Waals surface area contributed by atoms with Crippen LogP contribution >= 0.6 is 0 Å². The molecule has 0 fully saturated rings. The number of carbonyl (C=O) groups is 2. The van der Waals surface area contributed by atoms with Gasteiger partial charge in [0.2, 0.25) is 11.8 Å². The van der Waals surface area contributed by atoms with Gasteiger partial charge in [0, 0.05) is 26.1 Å². The van der Waals surface area contributed by atoms with E-state index in [1.54, 1.807) is 36.4 Å². The third-order valence-corrected chi connectivity index (χ3v) is 9.33. The first-order valence-electron chi connectivity index (χ1n) is 14.3. The number of aryl methyl sites for hydroxylation is 1. The van der Waals surface area contributed by atoms with E-state index in [2.05, 4.69) is 5.32 Å². The van der Waals surface area contributed by atoms with E-state index in [1.165, 1.54) is 24.1 Å². The number of ether oxygens (including phenoxy) is 2. The first-order valence-corrected chi connectivity index (χ1v) is 15.8. The lowest BCUT2D eigenvalue weighted by Crippen LogP contribution is -2.53. The number of rotatable bonds is 11. The highest BCUT2D eigenvalue weighted by atomic mass is 32.2. The summed E-state index contributed by atoms with van der Waals surface area (Å²) in [6.07, 6.45) is 0.244. The molecule has 1 heterocycles. The van der Waals surface area contributed by atoms with Crippen molar-refractivity contribution in [3.63, 3.8) is 0 Å². The van der Waals surface area contributed by atoms with Crippen molar-refractivity contribution in [3.05, 3.63) is 120 Å². The van der Waals surface area contributed by atoms with Crippen LogP contribution in [0.2, 0.25) is 0 Å². The average molecular weight is 614 g/mol. The Kier molecular flexibility index (Phi) is 9.50. The minimum Gasteiger partial charge on any atom is -0.486 e. The van der Waals surface area contributed by atoms with Crippen LogP contribution in [0.15, 0.2) is 108 Å². The fraction of sp³-hybridized carbons (Fsp3) is 0.235. The Morgan fingerprint density at radius 2 is 1.48 bits per heavy atom. The highest BCUT2D eigenvalue weighted by molar-refractivity contribution is 7.92. The summed E-state index contributed by atoms with van der Waals surface area (Å²) in [5.74, 6) is -0.00888. The molecule has 2 amide bonds. The molecule has 1 aliphatic rings. The largest absolute Gasteiger partial charge is 0.486 e. The number of sulfonamides is 1. The maximum absolute atomic E-state index is 14.4. The van der Waals surface area contributed by atoms with Gasteiger partial charge in [-0.05, 0) is 47.9 Å². The number of benzene rings is 4. The zero-order valence-electron chi connectivity index (χ0n) is 24.7. The van der Waals surface area contributed by atoms with E-state index in [4.69, 9.17) is 9.47 Å². The molecule has 0 saturated carbocycles. The minimum atomic E-state index is -4.21. The number of nitrogens with zero attached hydrogens (tertiary/aromatic N) is 2. The van der Waals surface area contributed by atoms with Gasteiger partial charge in [-0.15, -0.1) is 0 Å². The summed E-state index contributed by atoms with van der Waals surface area (Å²) in [7, 11) is -2.69. The van der Waals surface area contributed by atoms with Gasteiger partial charge in [-0.2, -0.15) is 0 Å². The van der Waals surface area contributed by atoms with Crippen LogP contribution in [0.25, 0.3) is 0 Å². The molecule has 0 unspecified atom stereocenters. The van der Waals surface area contributed by atoms with E-state index in [0.717, 1.165) is 21.0 Å². The average Bonchev–Trinajstić information content (AvgIpc) is 3.06. The summed E-state index contributed by atoms with van der Waals surface area (Å²) in [6, 6.07) is 28.9. The normalized spacial score (nSPS) is 13.0. The molecule has 4 aromatic rings. The molecule has 4 aromatic carbocycles. The van der Waals surface area contributed by atoms with Crippen molar-refractivity contribution in [1.29, 1.82) is 0 Å². The monoisotopic (exact) mass is 613 g/mol. The second-order valence-electron chi connectivity index (χ2n) is 10.4. The number of amides is 2. The zero-order chi connectivity index (χ0) is 31.1. The lowest BCUT2D eigenvalue weighted by molar-refractivity contribution is -0.139. The summed E-state index contributed by atoms with van der Waals surface area (Å²) in [4.78, 5) is 29.3. The maximum atomic E-state index is 14.4. The molecule has 0 aliphatic carbocycles. The molecule has 0 saturated heterocycles. The molecule has 1 N–H and O–H groups in total. The molecular weight excluding hydrogens is 578 g/mol. The first-order chi connectivity index (χ1) is 21.3. The van der Waals surface area contributed by atoms with Crippen molar-refractivity contribution in [2.24, 2.45) is 0 Å². The minimum absolute atomic E-state index is 0.0280. The van der Waals surface area contributed by atoms with Crippen LogP contribution in [-0.2, 0) is 32.6 Å². The fourth-order valence-electron chi connectivity index (χ4n) is 5.13. The number of nitrogens with one attached hydrogen (secondary N) is 1. The van der Waals surface area contributed by atoms with Crippen molar-refractivity contribution in [1.82, 2.24) is 10.2 Å². The molecule has 0 bridgehead atoms. The van der Waals surface area contributed by atoms with Crippen LogP contribution in [-0.4, -0.2) is 58.0 Å². The molecule has 1 atom stereocenters. The summed E-state index contributed by atoms with van der Waals surface area (Å²) >= 11 is 0. The second-order valence-corrected chi connectivity index (χ2v) is 12.3. The Morgan fingerprint density at radius 3 is 2.16 bits per heavy atom. The molecule has 44 heavy (non-hydrogen) atoms. The Hall–Kier alpha value is -4.83. The Labute approximate surface area is 258 Å². The van der Waals surface area contributed by atoms with Gasteiger partial charge in [-0.1, -0.05) is 72.8 Å². The van der Waals surface area contributed by atoms with Gasteiger partial charge in [0.25, 0.3) is 10.0 Å².